The Hall–Kier alpha value is -2.53. The van der Waals surface area contributed by atoms with Gasteiger partial charge in [0, 0.05) is 60.8 Å². The lowest BCUT2D eigenvalue weighted by molar-refractivity contribution is -0.134. The van der Waals surface area contributed by atoms with Gasteiger partial charge in [-0.3, -0.25) is 9.00 Å². The van der Waals surface area contributed by atoms with Crippen molar-refractivity contribution in [2.24, 2.45) is 0 Å². The Balaban J connectivity index is 1.27. The maximum Gasteiger partial charge on any atom is 0.260 e. The lowest BCUT2D eigenvalue weighted by Gasteiger charge is -2.32. The Morgan fingerprint density at radius 1 is 1.11 bits per heavy atom. The molecule has 6 rings (SSSR count). The summed E-state index contributed by atoms with van der Waals surface area (Å²) in [6.07, 6.45) is 0.873. The highest BCUT2D eigenvalue weighted by Crippen LogP contribution is 2.41. The van der Waals surface area contributed by atoms with E-state index in [1.807, 2.05) is 29.2 Å². The summed E-state index contributed by atoms with van der Waals surface area (Å²) < 4.78 is 19.1. The first-order valence-electron chi connectivity index (χ1n) is 11.9. The van der Waals surface area contributed by atoms with Gasteiger partial charge in [0.25, 0.3) is 5.91 Å². The van der Waals surface area contributed by atoms with Crippen LogP contribution in [-0.2, 0) is 33.5 Å². The molecule has 3 aromatic rings. The summed E-state index contributed by atoms with van der Waals surface area (Å²) in [4.78, 5) is 29.5. The summed E-state index contributed by atoms with van der Waals surface area (Å²) in [6, 6.07) is 9.74. The molecule has 1 amide bonds. The molecule has 1 unspecified atom stereocenters. The van der Waals surface area contributed by atoms with Crippen LogP contribution in [-0.4, -0.2) is 76.3 Å². The fourth-order valence-corrected chi connectivity index (χ4v) is 7.12. The highest BCUT2D eigenvalue weighted by Gasteiger charge is 2.31. The van der Waals surface area contributed by atoms with Crippen LogP contribution >= 0.6 is 22.9 Å². The Kier molecular flexibility index (Phi) is 6.45. The third-order valence-electron chi connectivity index (χ3n) is 6.89. The molecule has 3 aliphatic heterocycles. The largest absolute Gasteiger partial charge is 0.484 e. The summed E-state index contributed by atoms with van der Waals surface area (Å²) in [5.74, 6) is 2.97. The van der Waals surface area contributed by atoms with Crippen LogP contribution in [0.2, 0.25) is 4.34 Å². The number of likely N-dealkylation sites (N-methyl/N-ethyl adjacent to an activating group) is 1. The summed E-state index contributed by atoms with van der Waals surface area (Å²) in [6.45, 7) is 4.01. The van der Waals surface area contributed by atoms with E-state index >= 15 is 0 Å². The molecule has 5 heterocycles. The van der Waals surface area contributed by atoms with Gasteiger partial charge >= 0.3 is 0 Å². The third-order valence-corrected chi connectivity index (χ3v) is 9.33. The van der Waals surface area contributed by atoms with E-state index in [9.17, 15) is 9.00 Å². The minimum absolute atomic E-state index is 0.0100. The van der Waals surface area contributed by atoms with Crippen LogP contribution in [0.4, 0.5) is 11.5 Å². The predicted octanol–water partition coefficient (Wildman–Crippen LogP) is 3.47. The molecule has 11 heteroatoms. The Morgan fingerprint density at radius 2 is 1.94 bits per heavy atom. The number of amides is 1. The van der Waals surface area contributed by atoms with Crippen molar-refractivity contribution in [2.45, 2.75) is 17.9 Å². The number of aromatic nitrogens is 2. The number of rotatable bonds is 5. The Morgan fingerprint density at radius 3 is 2.72 bits per heavy atom. The van der Waals surface area contributed by atoms with Crippen molar-refractivity contribution in [2.75, 3.05) is 51.3 Å². The molecule has 0 radical (unpaired) electrons. The monoisotopic (exact) mass is 543 g/mol. The van der Waals surface area contributed by atoms with Gasteiger partial charge in [0.1, 0.15) is 11.6 Å². The molecule has 3 aliphatic rings. The van der Waals surface area contributed by atoms with Gasteiger partial charge in [-0.05, 0) is 37.2 Å². The molecule has 8 nitrogen and oxygen atoms in total. The number of thiophene rings is 1. The number of ether oxygens (including phenoxy) is 1. The van der Waals surface area contributed by atoms with Crippen LogP contribution in [0.3, 0.4) is 0 Å². The highest BCUT2D eigenvalue weighted by molar-refractivity contribution is 7.83. The van der Waals surface area contributed by atoms with Gasteiger partial charge in [0.2, 0.25) is 0 Å². The summed E-state index contributed by atoms with van der Waals surface area (Å²) in [5, 5.41) is 0. The van der Waals surface area contributed by atoms with E-state index in [-0.39, 0.29) is 12.5 Å². The van der Waals surface area contributed by atoms with E-state index in [1.54, 1.807) is 0 Å². The molecule has 188 valence electrons. The smallest absolute Gasteiger partial charge is 0.260 e. The number of hydrogen-bond donors (Lipinski definition) is 0. The second kappa shape index (κ2) is 9.74. The molecule has 0 aliphatic carbocycles. The second-order valence-electron chi connectivity index (χ2n) is 9.29. The van der Waals surface area contributed by atoms with E-state index in [4.69, 9.17) is 26.3 Å². The van der Waals surface area contributed by atoms with Crippen molar-refractivity contribution in [1.29, 1.82) is 0 Å². The summed E-state index contributed by atoms with van der Waals surface area (Å²) >= 11 is 7.61. The second-order valence-corrected chi connectivity index (χ2v) is 12.5. The highest BCUT2D eigenvalue weighted by atomic mass is 35.5. The van der Waals surface area contributed by atoms with Crippen LogP contribution in [0.15, 0.2) is 30.3 Å². The first-order chi connectivity index (χ1) is 17.4. The third kappa shape index (κ3) is 4.63. The molecular weight excluding hydrogens is 518 g/mol. The number of carbonyl (C=O) groups is 1. The molecule has 0 saturated carbocycles. The van der Waals surface area contributed by atoms with Gasteiger partial charge in [-0.15, -0.1) is 11.3 Å². The van der Waals surface area contributed by atoms with Crippen molar-refractivity contribution in [1.82, 2.24) is 19.8 Å². The number of hydrogen-bond acceptors (Lipinski definition) is 8. The lowest BCUT2D eigenvalue weighted by atomic mass is 10.1. The SMILES string of the molecule is CN1CCN(C(=O)COc2ccc3c(c2)N(c2nc(-c4ccc(Cl)s4)nc4c2CS(=O)C4)CC3)CC1. The van der Waals surface area contributed by atoms with E-state index in [0.717, 1.165) is 66.8 Å². The minimum Gasteiger partial charge on any atom is -0.484 e. The zero-order chi connectivity index (χ0) is 24.8. The fraction of sp³-hybridized carbons (Fsp3) is 0.400. The molecule has 0 bridgehead atoms. The molecule has 1 atom stereocenters. The van der Waals surface area contributed by atoms with Crippen molar-refractivity contribution in [3.63, 3.8) is 0 Å². The molecule has 0 N–H and O–H groups in total. The Labute approximate surface area is 221 Å². The van der Waals surface area contributed by atoms with Crippen LogP contribution < -0.4 is 9.64 Å². The first-order valence-corrected chi connectivity index (χ1v) is 14.6. The van der Waals surface area contributed by atoms with Crippen LogP contribution in [0.1, 0.15) is 16.8 Å². The lowest BCUT2D eigenvalue weighted by Crippen LogP contribution is -2.48. The van der Waals surface area contributed by atoms with Gasteiger partial charge in [-0.1, -0.05) is 17.7 Å². The quantitative estimate of drug-likeness (QED) is 0.487. The average molecular weight is 544 g/mol. The number of halogens is 1. The standard InChI is InChI=1S/C25H26ClN5O3S2/c1-29-8-10-30(11-9-29)23(32)13-34-17-3-2-16-6-7-31(20(16)12-17)25-18-14-36(33)15-19(18)27-24(28-25)21-4-5-22(26)35-21/h2-5,12H,6-11,13-15H2,1H3. The van der Waals surface area contributed by atoms with E-state index in [2.05, 4.69) is 22.9 Å². The first kappa shape index (κ1) is 23.8. The van der Waals surface area contributed by atoms with Crippen LogP contribution in [0.25, 0.3) is 10.7 Å². The Bertz CT molecular complexity index is 1360. The molecule has 36 heavy (non-hydrogen) atoms. The van der Waals surface area contributed by atoms with Gasteiger partial charge in [0.05, 0.1) is 26.4 Å². The molecule has 1 aromatic carbocycles. The van der Waals surface area contributed by atoms with Gasteiger partial charge in [0.15, 0.2) is 12.4 Å². The molecule has 0 spiro atoms. The summed E-state index contributed by atoms with van der Waals surface area (Å²) in [7, 11) is 1.08. The number of anilines is 2. The van der Waals surface area contributed by atoms with Crippen molar-refractivity contribution in [3.8, 4) is 16.5 Å². The summed E-state index contributed by atoms with van der Waals surface area (Å²) in [5.41, 5.74) is 3.99. The predicted molar refractivity (Wildman–Crippen MR) is 143 cm³/mol. The van der Waals surface area contributed by atoms with E-state index < -0.39 is 10.8 Å². The number of fused-ring (bicyclic) bond motifs is 2. The fourth-order valence-electron chi connectivity index (χ4n) is 4.88. The molecule has 1 saturated heterocycles. The zero-order valence-corrected chi connectivity index (χ0v) is 22.3. The van der Waals surface area contributed by atoms with Crippen LogP contribution in [0.5, 0.6) is 5.75 Å². The number of benzene rings is 1. The topological polar surface area (TPSA) is 78.9 Å². The molecule has 2 aromatic heterocycles. The van der Waals surface area contributed by atoms with Gasteiger partial charge in [-0.25, -0.2) is 9.97 Å². The van der Waals surface area contributed by atoms with Crippen molar-refractivity contribution < 1.29 is 13.7 Å². The van der Waals surface area contributed by atoms with Gasteiger partial charge < -0.3 is 19.4 Å². The normalized spacial score (nSPS) is 19.4. The van der Waals surface area contributed by atoms with Crippen molar-refractivity contribution in [3.05, 3.63) is 51.5 Å². The van der Waals surface area contributed by atoms with E-state index in [0.29, 0.717) is 27.4 Å². The van der Waals surface area contributed by atoms with Gasteiger partial charge in [-0.2, -0.15) is 0 Å². The average Bonchev–Trinajstić information content (AvgIpc) is 3.59. The number of nitrogens with zero attached hydrogens (tertiary/aromatic N) is 5. The molecular formula is C25H26ClN5O3S2. The van der Waals surface area contributed by atoms with Crippen molar-refractivity contribution >= 4 is 51.1 Å². The number of piperazine rings is 1. The maximum absolute atomic E-state index is 12.6. The molecule has 1 fully saturated rings. The van der Waals surface area contributed by atoms with Crippen LogP contribution in [0, 0.1) is 0 Å². The maximum atomic E-state index is 12.6. The van der Waals surface area contributed by atoms with E-state index in [1.165, 1.54) is 16.9 Å². The zero-order valence-electron chi connectivity index (χ0n) is 19.9. The number of carbonyl (C=O) groups excluding carboxylic acids is 1. The minimum atomic E-state index is -0.986.